The van der Waals surface area contributed by atoms with Gasteiger partial charge in [-0.2, -0.15) is 13.2 Å². The van der Waals surface area contributed by atoms with Crippen molar-refractivity contribution in [2.24, 2.45) is 5.92 Å². The number of hydrogen-bond acceptors (Lipinski definition) is 2. The van der Waals surface area contributed by atoms with Crippen molar-refractivity contribution in [1.82, 2.24) is 0 Å². The number of carbonyl (C=O) groups excluding carboxylic acids is 1. The zero-order valence-electron chi connectivity index (χ0n) is 9.97. The predicted octanol–water partition coefficient (Wildman–Crippen LogP) is 3.75. The summed E-state index contributed by atoms with van der Waals surface area (Å²) in [6.45, 7) is 0.380. The fourth-order valence-electron chi connectivity index (χ4n) is 1.79. The van der Waals surface area contributed by atoms with Gasteiger partial charge in [0, 0.05) is 0 Å². The number of halogens is 4. The lowest BCUT2D eigenvalue weighted by Gasteiger charge is -2.25. The Labute approximate surface area is 107 Å². The molecular weight excluding hydrogens is 264 g/mol. The Bertz CT molecular complexity index is 478. The number of rotatable bonds is 4. The van der Waals surface area contributed by atoms with E-state index >= 15 is 0 Å². The van der Waals surface area contributed by atoms with Crippen LogP contribution in [0.5, 0.6) is 5.75 Å². The van der Waals surface area contributed by atoms with Gasteiger partial charge in [-0.25, -0.2) is 4.39 Å². The van der Waals surface area contributed by atoms with E-state index in [-0.39, 0.29) is 5.75 Å². The molecule has 19 heavy (non-hydrogen) atoms. The molecule has 1 aromatic rings. The first kappa shape index (κ1) is 13.8. The van der Waals surface area contributed by atoms with Crippen molar-refractivity contribution in [2.75, 3.05) is 6.61 Å². The van der Waals surface area contributed by atoms with Crippen LogP contribution in [0.2, 0.25) is 0 Å². The highest BCUT2D eigenvalue weighted by Crippen LogP contribution is 2.29. The summed E-state index contributed by atoms with van der Waals surface area (Å²) >= 11 is 0. The molecule has 0 radical (unpaired) electrons. The van der Waals surface area contributed by atoms with Gasteiger partial charge in [0.25, 0.3) is 5.78 Å². The number of Topliss-reactive ketones (excluding diaryl/α,β-unsaturated/α-hetero) is 1. The van der Waals surface area contributed by atoms with Crippen molar-refractivity contribution in [3.8, 4) is 5.75 Å². The van der Waals surface area contributed by atoms with Crippen LogP contribution in [-0.2, 0) is 0 Å². The smallest absolute Gasteiger partial charge is 0.454 e. The molecule has 0 saturated heterocycles. The molecule has 0 bridgehead atoms. The summed E-state index contributed by atoms with van der Waals surface area (Å²) in [5, 5.41) is 0. The minimum atomic E-state index is -5.09. The number of alkyl halides is 3. The molecule has 1 aliphatic rings. The summed E-state index contributed by atoms with van der Waals surface area (Å²) in [7, 11) is 0. The fraction of sp³-hybridized carbons (Fsp3) is 0.462. The van der Waals surface area contributed by atoms with Crippen molar-refractivity contribution in [3.05, 3.63) is 29.6 Å². The normalized spacial score (nSPS) is 16.0. The van der Waals surface area contributed by atoms with Gasteiger partial charge in [-0.3, -0.25) is 4.79 Å². The van der Waals surface area contributed by atoms with E-state index < -0.39 is 23.3 Å². The molecule has 6 heteroatoms. The summed E-state index contributed by atoms with van der Waals surface area (Å²) < 4.78 is 55.3. The Hall–Kier alpha value is -1.59. The quantitative estimate of drug-likeness (QED) is 0.618. The lowest BCUT2D eigenvalue weighted by molar-refractivity contribution is -0.0887. The molecule has 2 rings (SSSR count). The highest BCUT2D eigenvalue weighted by molar-refractivity contribution is 6.00. The predicted molar refractivity (Wildman–Crippen MR) is 59.6 cm³/mol. The molecular formula is C13H12F4O2. The second-order valence-corrected chi connectivity index (χ2v) is 4.58. The maximum Gasteiger partial charge on any atom is 0.454 e. The molecule has 104 valence electrons. The first-order valence-electron chi connectivity index (χ1n) is 5.92. The number of benzene rings is 1. The SMILES string of the molecule is O=C(c1cc(OCC2CCC2)ccc1F)C(F)(F)F. The van der Waals surface area contributed by atoms with E-state index in [9.17, 15) is 22.4 Å². The molecule has 0 aliphatic heterocycles. The minimum absolute atomic E-state index is 0.0842. The van der Waals surface area contributed by atoms with Crippen LogP contribution in [0.15, 0.2) is 18.2 Å². The van der Waals surface area contributed by atoms with E-state index in [1.54, 1.807) is 0 Å². The Kier molecular flexibility index (Phi) is 3.78. The molecule has 0 heterocycles. The largest absolute Gasteiger partial charge is 0.493 e. The van der Waals surface area contributed by atoms with Crippen LogP contribution in [0.1, 0.15) is 29.6 Å². The van der Waals surface area contributed by atoms with Gasteiger partial charge in [0.2, 0.25) is 0 Å². The van der Waals surface area contributed by atoms with Gasteiger partial charge in [0.05, 0.1) is 12.2 Å². The van der Waals surface area contributed by atoms with Crippen molar-refractivity contribution in [2.45, 2.75) is 25.4 Å². The van der Waals surface area contributed by atoms with Gasteiger partial charge in [0.15, 0.2) is 0 Å². The highest BCUT2D eigenvalue weighted by Gasteiger charge is 2.40. The van der Waals surface area contributed by atoms with Gasteiger partial charge in [-0.15, -0.1) is 0 Å². The summed E-state index contributed by atoms with van der Waals surface area (Å²) in [6.07, 6.45) is -1.92. The van der Waals surface area contributed by atoms with Gasteiger partial charge >= 0.3 is 6.18 Å². The lowest BCUT2D eigenvalue weighted by atomic mass is 9.86. The Morgan fingerprint density at radius 1 is 1.32 bits per heavy atom. The van der Waals surface area contributed by atoms with Crippen molar-refractivity contribution in [3.63, 3.8) is 0 Å². The summed E-state index contributed by atoms with van der Waals surface area (Å²) in [4.78, 5) is 11.0. The molecule has 1 aromatic carbocycles. The van der Waals surface area contributed by atoms with Crippen molar-refractivity contribution in [1.29, 1.82) is 0 Å². The van der Waals surface area contributed by atoms with E-state index in [4.69, 9.17) is 4.74 Å². The number of hydrogen-bond donors (Lipinski definition) is 0. The Morgan fingerprint density at radius 3 is 2.53 bits per heavy atom. The Balaban J connectivity index is 2.12. The molecule has 1 saturated carbocycles. The van der Waals surface area contributed by atoms with E-state index in [1.807, 2.05) is 0 Å². The average Bonchev–Trinajstić information content (AvgIpc) is 2.27. The minimum Gasteiger partial charge on any atom is -0.493 e. The van der Waals surface area contributed by atoms with Crippen LogP contribution in [0, 0.1) is 11.7 Å². The summed E-state index contributed by atoms with van der Waals surface area (Å²) in [5.41, 5.74) is -1.00. The molecule has 0 unspecified atom stereocenters. The third-order valence-electron chi connectivity index (χ3n) is 3.15. The zero-order valence-corrected chi connectivity index (χ0v) is 9.97. The maximum atomic E-state index is 13.3. The zero-order chi connectivity index (χ0) is 14.0. The first-order chi connectivity index (χ1) is 8.88. The monoisotopic (exact) mass is 276 g/mol. The first-order valence-corrected chi connectivity index (χ1v) is 5.92. The molecule has 0 amide bonds. The summed E-state index contributed by atoms with van der Waals surface area (Å²) in [6, 6.07) is 2.85. The molecule has 0 atom stereocenters. The van der Waals surface area contributed by atoms with Crippen LogP contribution in [0.4, 0.5) is 17.6 Å². The van der Waals surface area contributed by atoms with Crippen LogP contribution in [0.3, 0.4) is 0 Å². The van der Waals surface area contributed by atoms with E-state index in [1.165, 1.54) is 6.07 Å². The molecule has 0 aromatic heterocycles. The third-order valence-corrected chi connectivity index (χ3v) is 3.15. The van der Waals surface area contributed by atoms with E-state index in [2.05, 4.69) is 0 Å². The second kappa shape index (κ2) is 5.19. The number of ether oxygens (including phenoxy) is 1. The fourth-order valence-corrected chi connectivity index (χ4v) is 1.79. The Morgan fingerprint density at radius 2 is 2.00 bits per heavy atom. The molecule has 0 spiro atoms. The van der Waals surface area contributed by atoms with E-state index in [0.29, 0.717) is 12.5 Å². The summed E-state index contributed by atoms with van der Waals surface area (Å²) in [5.74, 6) is -2.91. The van der Waals surface area contributed by atoms with Crippen molar-refractivity contribution >= 4 is 5.78 Å². The van der Waals surface area contributed by atoms with Gasteiger partial charge in [-0.1, -0.05) is 6.42 Å². The molecule has 2 nitrogen and oxygen atoms in total. The van der Waals surface area contributed by atoms with Crippen LogP contribution in [-0.4, -0.2) is 18.6 Å². The van der Waals surface area contributed by atoms with Gasteiger partial charge in [-0.05, 0) is 37.0 Å². The van der Waals surface area contributed by atoms with Crippen LogP contribution >= 0.6 is 0 Å². The topological polar surface area (TPSA) is 26.3 Å². The van der Waals surface area contributed by atoms with Gasteiger partial charge in [0.1, 0.15) is 11.6 Å². The molecule has 1 fully saturated rings. The van der Waals surface area contributed by atoms with Crippen LogP contribution < -0.4 is 4.74 Å². The number of carbonyl (C=O) groups is 1. The molecule has 1 aliphatic carbocycles. The maximum absolute atomic E-state index is 13.3. The second-order valence-electron chi connectivity index (χ2n) is 4.58. The standard InChI is InChI=1S/C13H12F4O2/c14-11-5-4-9(19-7-8-2-1-3-8)6-10(11)12(18)13(15,16)17/h4-6,8H,1-3,7H2. The molecule has 0 N–H and O–H groups in total. The van der Waals surface area contributed by atoms with Gasteiger partial charge < -0.3 is 4.74 Å². The lowest BCUT2D eigenvalue weighted by Crippen LogP contribution is -2.24. The third kappa shape index (κ3) is 3.24. The van der Waals surface area contributed by atoms with Crippen molar-refractivity contribution < 1.29 is 27.1 Å². The number of ketones is 1. The highest BCUT2D eigenvalue weighted by atomic mass is 19.4. The average molecular weight is 276 g/mol. The van der Waals surface area contributed by atoms with E-state index in [0.717, 1.165) is 31.4 Å². The van der Waals surface area contributed by atoms with Crippen LogP contribution in [0.25, 0.3) is 0 Å².